The van der Waals surface area contributed by atoms with Gasteiger partial charge >= 0.3 is 0 Å². The van der Waals surface area contributed by atoms with Crippen LogP contribution in [0.25, 0.3) is 0 Å². The average Bonchev–Trinajstić information content (AvgIpc) is 2.16. The second kappa shape index (κ2) is 4.89. The summed E-state index contributed by atoms with van der Waals surface area (Å²) in [5.41, 5.74) is 0.990. The van der Waals surface area contributed by atoms with Crippen LogP contribution < -0.4 is 9.47 Å². The van der Waals surface area contributed by atoms with Crippen LogP contribution in [0.2, 0.25) is 5.02 Å². The fourth-order valence-corrected chi connectivity index (χ4v) is 2.00. The minimum absolute atomic E-state index is 0.190. The highest BCUT2D eigenvalue weighted by atomic mass is 79.9. The van der Waals surface area contributed by atoms with Gasteiger partial charge in [0.25, 0.3) is 0 Å². The molecule has 1 aromatic rings. The van der Waals surface area contributed by atoms with Crippen LogP contribution in [0.3, 0.4) is 0 Å². The zero-order valence-electron chi connectivity index (χ0n) is 8.30. The van der Waals surface area contributed by atoms with Crippen LogP contribution in [0.15, 0.2) is 12.1 Å². The van der Waals surface area contributed by atoms with Gasteiger partial charge in [-0.25, -0.2) is 0 Å². The molecule has 0 aliphatic rings. The van der Waals surface area contributed by atoms with Crippen molar-refractivity contribution >= 4 is 27.5 Å². The van der Waals surface area contributed by atoms with Crippen LogP contribution in [-0.4, -0.2) is 14.2 Å². The Balaban J connectivity index is 3.23. The SMILES string of the molecule is COc1cc(Cl)c(C(C)Br)cc1OC. The Morgan fingerprint density at radius 3 is 2.14 bits per heavy atom. The largest absolute Gasteiger partial charge is 0.493 e. The Hall–Kier alpha value is -0.410. The minimum atomic E-state index is 0.190. The summed E-state index contributed by atoms with van der Waals surface area (Å²) in [7, 11) is 3.19. The van der Waals surface area contributed by atoms with E-state index in [4.69, 9.17) is 21.1 Å². The standard InChI is InChI=1S/C10H12BrClO2/c1-6(11)7-4-9(13-2)10(14-3)5-8(7)12/h4-6H,1-3H3. The van der Waals surface area contributed by atoms with Crippen LogP contribution in [0.5, 0.6) is 11.5 Å². The Labute approximate surface area is 97.3 Å². The van der Waals surface area contributed by atoms with E-state index in [1.54, 1.807) is 20.3 Å². The molecule has 0 bridgehead atoms. The maximum atomic E-state index is 6.07. The third-order valence-corrected chi connectivity index (χ3v) is 2.75. The minimum Gasteiger partial charge on any atom is -0.493 e. The Morgan fingerprint density at radius 1 is 1.21 bits per heavy atom. The van der Waals surface area contributed by atoms with Crippen LogP contribution in [0, 0.1) is 0 Å². The molecule has 0 radical (unpaired) electrons. The molecule has 0 aliphatic carbocycles. The molecule has 2 nitrogen and oxygen atoms in total. The predicted octanol–water partition coefficient (Wildman–Crippen LogP) is 3.81. The summed E-state index contributed by atoms with van der Waals surface area (Å²) in [6.07, 6.45) is 0. The molecule has 1 atom stereocenters. The first kappa shape index (κ1) is 11.7. The third kappa shape index (κ3) is 2.34. The summed E-state index contributed by atoms with van der Waals surface area (Å²) < 4.78 is 10.3. The van der Waals surface area contributed by atoms with E-state index >= 15 is 0 Å². The summed E-state index contributed by atoms with van der Waals surface area (Å²) >= 11 is 9.53. The predicted molar refractivity (Wildman–Crippen MR) is 61.9 cm³/mol. The Morgan fingerprint density at radius 2 is 1.71 bits per heavy atom. The first-order chi connectivity index (χ1) is 6.60. The number of alkyl halides is 1. The molecule has 0 amide bonds. The number of halogens is 2. The molecule has 0 saturated carbocycles. The van der Waals surface area contributed by atoms with Gasteiger partial charge in [0, 0.05) is 15.9 Å². The molecule has 0 saturated heterocycles. The van der Waals surface area contributed by atoms with Gasteiger partial charge in [-0.3, -0.25) is 0 Å². The van der Waals surface area contributed by atoms with Gasteiger partial charge in [-0.15, -0.1) is 0 Å². The maximum absolute atomic E-state index is 6.07. The van der Waals surface area contributed by atoms with Crippen molar-refractivity contribution in [2.45, 2.75) is 11.8 Å². The lowest BCUT2D eigenvalue weighted by molar-refractivity contribution is 0.354. The number of hydrogen-bond donors (Lipinski definition) is 0. The molecule has 0 aromatic heterocycles. The molecule has 14 heavy (non-hydrogen) atoms. The average molecular weight is 280 g/mol. The van der Waals surface area contributed by atoms with E-state index < -0.39 is 0 Å². The number of rotatable bonds is 3. The second-order valence-electron chi connectivity index (χ2n) is 2.84. The van der Waals surface area contributed by atoms with E-state index in [0.717, 1.165) is 5.56 Å². The van der Waals surface area contributed by atoms with Gasteiger partial charge in [0.15, 0.2) is 11.5 Å². The number of benzene rings is 1. The van der Waals surface area contributed by atoms with Gasteiger partial charge < -0.3 is 9.47 Å². The van der Waals surface area contributed by atoms with Crippen molar-refractivity contribution in [1.82, 2.24) is 0 Å². The smallest absolute Gasteiger partial charge is 0.162 e. The van der Waals surface area contributed by atoms with Gasteiger partial charge in [-0.2, -0.15) is 0 Å². The molecular weight excluding hydrogens is 267 g/mol. The zero-order valence-corrected chi connectivity index (χ0v) is 10.6. The highest BCUT2D eigenvalue weighted by molar-refractivity contribution is 9.09. The quantitative estimate of drug-likeness (QED) is 0.783. The first-order valence-electron chi connectivity index (χ1n) is 4.15. The van der Waals surface area contributed by atoms with Crippen molar-refractivity contribution in [3.63, 3.8) is 0 Å². The lowest BCUT2D eigenvalue weighted by Crippen LogP contribution is -1.94. The van der Waals surface area contributed by atoms with E-state index in [-0.39, 0.29) is 4.83 Å². The molecule has 0 aliphatic heterocycles. The highest BCUT2D eigenvalue weighted by Gasteiger charge is 2.12. The summed E-state index contributed by atoms with van der Waals surface area (Å²) in [5.74, 6) is 1.34. The van der Waals surface area contributed by atoms with Crippen molar-refractivity contribution in [1.29, 1.82) is 0 Å². The van der Waals surface area contributed by atoms with Crippen LogP contribution in [0.4, 0.5) is 0 Å². The topological polar surface area (TPSA) is 18.5 Å². The fraction of sp³-hybridized carbons (Fsp3) is 0.400. The zero-order chi connectivity index (χ0) is 10.7. The molecule has 0 N–H and O–H groups in total. The number of methoxy groups -OCH3 is 2. The Bertz CT molecular complexity index is 326. The lowest BCUT2D eigenvalue weighted by Gasteiger charge is -2.12. The van der Waals surface area contributed by atoms with Crippen LogP contribution >= 0.6 is 27.5 Å². The van der Waals surface area contributed by atoms with Gasteiger partial charge in [-0.1, -0.05) is 27.5 Å². The highest BCUT2D eigenvalue weighted by Crippen LogP contribution is 2.37. The van der Waals surface area contributed by atoms with E-state index in [1.807, 2.05) is 13.0 Å². The van der Waals surface area contributed by atoms with Crippen molar-refractivity contribution in [2.24, 2.45) is 0 Å². The normalized spacial score (nSPS) is 12.4. The van der Waals surface area contributed by atoms with E-state index in [9.17, 15) is 0 Å². The molecule has 0 heterocycles. The molecule has 78 valence electrons. The molecule has 1 rings (SSSR count). The van der Waals surface area contributed by atoms with Crippen LogP contribution in [0.1, 0.15) is 17.3 Å². The van der Waals surface area contributed by atoms with Gasteiger partial charge in [0.2, 0.25) is 0 Å². The van der Waals surface area contributed by atoms with Gasteiger partial charge in [0.1, 0.15) is 0 Å². The lowest BCUT2D eigenvalue weighted by atomic mass is 10.1. The van der Waals surface area contributed by atoms with Crippen molar-refractivity contribution in [3.05, 3.63) is 22.7 Å². The molecule has 1 unspecified atom stereocenters. The summed E-state index contributed by atoms with van der Waals surface area (Å²) in [6, 6.07) is 3.63. The molecular formula is C10H12BrClO2. The molecule has 0 spiro atoms. The van der Waals surface area contributed by atoms with E-state index in [2.05, 4.69) is 15.9 Å². The first-order valence-corrected chi connectivity index (χ1v) is 5.45. The van der Waals surface area contributed by atoms with Crippen molar-refractivity contribution < 1.29 is 9.47 Å². The summed E-state index contributed by atoms with van der Waals surface area (Å²) in [5, 5.41) is 0.673. The maximum Gasteiger partial charge on any atom is 0.162 e. The number of ether oxygens (including phenoxy) is 2. The van der Waals surface area contributed by atoms with Crippen molar-refractivity contribution in [2.75, 3.05) is 14.2 Å². The van der Waals surface area contributed by atoms with Crippen LogP contribution in [-0.2, 0) is 0 Å². The summed E-state index contributed by atoms with van der Waals surface area (Å²) in [6.45, 7) is 2.01. The second-order valence-corrected chi connectivity index (χ2v) is 4.63. The van der Waals surface area contributed by atoms with E-state index in [0.29, 0.717) is 16.5 Å². The van der Waals surface area contributed by atoms with E-state index in [1.165, 1.54) is 0 Å². The Kier molecular flexibility index (Phi) is 4.08. The fourth-order valence-electron chi connectivity index (χ4n) is 1.17. The summed E-state index contributed by atoms with van der Waals surface area (Å²) in [4.78, 5) is 0.190. The monoisotopic (exact) mass is 278 g/mol. The molecule has 1 aromatic carbocycles. The van der Waals surface area contributed by atoms with Gasteiger partial charge in [0.05, 0.1) is 14.2 Å². The number of hydrogen-bond acceptors (Lipinski definition) is 2. The molecule has 4 heteroatoms. The van der Waals surface area contributed by atoms with Gasteiger partial charge in [-0.05, 0) is 18.6 Å². The van der Waals surface area contributed by atoms with Crippen molar-refractivity contribution in [3.8, 4) is 11.5 Å². The molecule has 0 fully saturated rings. The third-order valence-electron chi connectivity index (χ3n) is 1.93.